The van der Waals surface area contributed by atoms with Crippen molar-refractivity contribution in [2.24, 2.45) is 5.73 Å². The zero-order valence-electron chi connectivity index (χ0n) is 13.7. The predicted octanol–water partition coefficient (Wildman–Crippen LogP) is 3.08. The van der Waals surface area contributed by atoms with Crippen LogP contribution in [0.3, 0.4) is 0 Å². The SMILES string of the molecule is CSc1ccc(COC(=O)Oc2ccc(C[C@H](N)C(=O)O)cc2)cc1. The Bertz CT molecular complexity index is 715. The second-order valence-electron chi connectivity index (χ2n) is 5.28. The number of nitrogens with two attached hydrogens (primary N) is 1. The maximum Gasteiger partial charge on any atom is 0.514 e. The third-order valence-corrected chi connectivity index (χ3v) is 4.16. The number of rotatable bonds is 7. The average molecular weight is 361 g/mol. The van der Waals surface area contributed by atoms with Gasteiger partial charge in [0.05, 0.1) is 0 Å². The van der Waals surface area contributed by atoms with Crippen LogP contribution >= 0.6 is 11.8 Å². The first-order valence-electron chi connectivity index (χ1n) is 7.53. The fraction of sp³-hybridized carbons (Fsp3) is 0.222. The zero-order chi connectivity index (χ0) is 18.2. The highest BCUT2D eigenvalue weighted by Gasteiger charge is 2.12. The maximum absolute atomic E-state index is 11.7. The van der Waals surface area contributed by atoms with E-state index < -0.39 is 18.2 Å². The molecule has 25 heavy (non-hydrogen) atoms. The van der Waals surface area contributed by atoms with Gasteiger partial charge in [-0.2, -0.15) is 0 Å². The molecule has 0 aliphatic rings. The molecular formula is C18H19NO5S. The molecule has 0 saturated heterocycles. The van der Waals surface area contributed by atoms with Crippen LogP contribution in [0.15, 0.2) is 53.4 Å². The molecule has 0 amide bonds. The Morgan fingerprint density at radius 3 is 2.24 bits per heavy atom. The molecule has 0 spiro atoms. The fourth-order valence-corrected chi connectivity index (χ4v) is 2.43. The van der Waals surface area contributed by atoms with Gasteiger partial charge in [0.1, 0.15) is 18.4 Å². The van der Waals surface area contributed by atoms with E-state index in [-0.39, 0.29) is 13.0 Å². The third kappa shape index (κ3) is 6.13. The minimum Gasteiger partial charge on any atom is -0.480 e. The smallest absolute Gasteiger partial charge is 0.480 e. The number of thioether (sulfide) groups is 1. The van der Waals surface area contributed by atoms with Crippen LogP contribution in [0.5, 0.6) is 5.75 Å². The van der Waals surface area contributed by atoms with Crippen molar-refractivity contribution >= 4 is 23.9 Å². The lowest BCUT2D eigenvalue weighted by molar-refractivity contribution is -0.138. The second kappa shape index (κ2) is 9.10. The molecule has 0 aromatic heterocycles. The van der Waals surface area contributed by atoms with Crippen molar-refractivity contribution in [3.8, 4) is 5.75 Å². The average Bonchev–Trinajstić information content (AvgIpc) is 2.62. The van der Waals surface area contributed by atoms with Gasteiger partial charge in [0.15, 0.2) is 0 Å². The molecule has 2 aromatic rings. The van der Waals surface area contributed by atoms with Gasteiger partial charge in [-0.25, -0.2) is 4.79 Å². The number of carboxylic acids is 1. The van der Waals surface area contributed by atoms with Gasteiger partial charge >= 0.3 is 12.1 Å². The van der Waals surface area contributed by atoms with Gasteiger partial charge in [-0.05, 0) is 48.1 Å². The minimum atomic E-state index is -1.06. The van der Waals surface area contributed by atoms with Gasteiger partial charge in [-0.1, -0.05) is 24.3 Å². The van der Waals surface area contributed by atoms with Gasteiger partial charge in [-0.15, -0.1) is 11.8 Å². The molecule has 6 nitrogen and oxygen atoms in total. The summed E-state index contributed by atoms with van der Waals surface area (Å²) in [4.78, 5) is 23.6. The minimum absolute atomic E-state index is 0.124. The number of hydrogen-bond acceptors (Lipinski definition) is 6. The van der Waals surface area contributed by atoms with Crippen LogP contribution in [0.4, 0.5) is 4.79 Å². The van der Waals surface area contributed by atoms with Gasteiger partial charge in [0.2, 0.25) is 0 Å². The first-order chi connectivity index (χ1) is 12.0. The Labute approximate surface area is 149 Å². The van der Waals surface area contributed by atoms with Crippen molar-refractivity contribution in [2.75, 3.05) is 6.26 Å². The monoisotopic (exact) mass is 361 g/mol. The highest BCUT2D eigenvalue weighted by Crippen LogP contribution is 2.16. The summed E-state index contributed by atoms with van der Waals surface area (Å²) in [6.07, 6.45) is 1.39. The predicted molar refractivity (Wildman–Crippen MR) is 94.8 cm³/mol. The molecule has 0 unspecified atom stereocenters. The number of benzene rings is 2. The first-order valence-corrected chi connectivity index (χ1v) is 8.75. The molecular weight excluding hydrogens is 342 g/mol. The van der Waals surface area contributed by atoms with Crippen molar-refractivity contribution in [2.45, 2.75) is 24.0 Å². The lowest BCUT2D eigenvalue weighted by Gasteiger charge is -2.08. The van der Waals surface area contributed by atoms with Crippen molar-refractivity contribution in [1.29, 1.82) is 0 Å². The van der Waals surface area contributed by atoms with Crippen LogP contribution in [0, 0.1) is 0 Å². The quantitative estimate of drug-likeness (QED) is 0.444. The molecule has 7 heteroatoms. The van der Waals surface area contributed by atoms with Gasteiger partial charge in [-0.3, -0.25) is 4.79 Å². The summed E-state index contributed by atoms with van der Waals surface area (Å²) in [6.45, 7) is 0.124. The topological polar surface area (TPSA) is 98.9 Å². The van der Waals surface area contributed by atoms with E-state index in [0.717, 1.165) is 16.0 Å². The molecule has 0 aliphatic heterocycles. The Morgan fingerprint density at radius 1 is 1.08 bits per heavy atom. The normalized spacial score (nSPS) is 11.6. The summed E-state index contributed by atoms with van der Waals surface area (Å²) in [6, 6.07) is 13.2. The summed E-state index contributed by atoms with van der Waals surface area (Å²) in [5.74, 6) is -0.746. The largest absolute Gasteiger partial charge is 0.514 e. The number of aliphatic carboxylic acids is 1. The summed E-state index contributed by atoms with van der Waals surface area (Å²) >= 11 is 1.64. The van der Waals surface area contributed by atoms with Gasteiger partial charge < -0.3 is 20.3 Å². The molecule has 0 aliphatic carbocycles. The van der Waals surface area contributed by atoms with E-state index in [0.29, 0.717) is 5.75 Å². The van der Waals surface area contributed by atoms with Crippen molar-refractivity contribution in [3.63, 3.8) is 0 Å². The number of carboxylic acid groups (broad SMARTS) is 1. The number of carbonyl (C=O) groups excluding carboxylic acids is 1. The van der Waals surface area contributed by atoms with Crippen LogP contribution in [0.25, 0.3) is 0 Å². The van der Waals surface area contributed by atoms with Crippen molar-refractivity contribution in [1.82, 2.24) is 0 Å². The number of hydrogen-bond donors (Lipinski definition) is 2. The Hall–Kier alpha value is -2.51. The van der Waals surface area contributed by atoms with Crippen LogP contribution < -0.4 is 10.5 Å². The first kappa shape index (κ1) is 18.8. The fourth-order valence-electron chi connectivity index (χ4n) is 2.02. The van der Waals surface area contributed by atoms with Crippen molar-refractivity contribution in [3.05, 3.63) is 59.7 Å². The Morgan fingerprint density at radius 2 is 1.68 bits per heavy atom. The Kier molecular flexibility index (Phi) is 6.85. The van der Waals surface area contributed by atoms with E-state index in [4.69, 9.17) is 20.3 Å². The van der Waals surface area contributed by atoms with Crippen LogP contribution in [-0.4, -0.2) is 29.5 Å². The summed E-state index contributed by atoms with van der Waals surface area (Å²) in [5.41, 5.74) is 7.08. The molecule has 2 aromatic carbocycles. The zero-order valence-corrected chi connectivity index (χ0v) is 14.5. The van der Waals surface area contributed by atoms with Gasteiger partial charge in [0.25, 0.3) is 0 Å². The van der Waals surface area contributed by atoms with E-state index in [2.05, 4.69) is 0 Å². The Balaban J connectivity index is 1.82. The second-order valence-corrected chi connectivity index (χ2v) is 6.16. The summed E-state index contributed by atoms with van der Waals surface area (Å²) < 4.78 is 10.1. The van der Waals surface area contributed by atoms with E-state index >= 15 is 0 Å². The molecule has 0 saturated carbocycles. The van der Waals surface area contributed by atoms with E-state index in [1.807, 2.05) is 30.5 Å². The molecule has 0 bridgehead atoms. The molecule has 0 fully saturated rings. The lowest BCUT2D eigenvalue weighted by atomic mass is 10.1. The molecule has 2 rings (SSSR count). The molecule has 0 radical (unpaired) electrons. The van der Waals surface area contributed by atoms with Crippen LogP contribution in [0.1, 0.15) is 11.1 Å². The summed E-state index contributed by atoms with van der Waals surface area (Å²) in [7, 11) is 0. The number of carbonyl (C=O) groups is 2. The van der Waals surface area contributed by atoms with Crippen LogP contribution in [0.2, 0.25) is 0 Å². The summed E-state index contributed by atoms with van der Waals surface area (Å²) in [5, 5.41) is 8.79. The van der Waals surface area contributed by atoms with Crippen molar-refractivity contribution < 1.29 is 24.2 Å². The highest BCUT2D eigenvalue weighted by molar-refractivity contribution is 7.98. The lowest BCUT2D eigenvalue weighted by Crippen LogP contribution is -2.32. The standard InChI is InChI=1S/C18H19NO5S/c1-25-15-8-4-13(5-9-15)11-23-18(22)24-14-6-2-12(3-7-14)10-16(19)17(20)21/h2-9,16H,10-11,19H2,1H3,(H,20,21)/t16-/m0/s1. The molecule has 0 heterocycles. The van der Waals surface area contributed by atoms with Crippen LogP contribution in [-0.2, 0) is 22.6 Å². The number of ether oxygens (including phenoxy) is 2. The van der Waals surface area contributed by atoms with E-state index in [1.54, 1.807) is 36.0 Å². The maximum atomic E-state index is 11.7. The molecule has 3 N–H and O–H groups in total. The van der Waals surface area contributed by atoms with E-state index in [9.17, 15) is 9.59 Å². The highest BCUT2D eigenvalue weighted by atomic mass is 32.2. The molecule has 1 atom stereocenters. The van der Waals surface area contributed by atoms with E-state index in [1.165, 1.54) is 0 Å². The third-order valence-electron chi connectivity index (χ3n) is 3.41. The van der Waals surface area contributed by atoms with Gasteiger partial charge in [0, 0.05) is 4.90 Å². The molecule has 132 valence electrons.